The van der Waals surface area contributed by atoms with Gasteiger partial charge in [0.15, 0.2) is 0 Å². The van der Waals surface area contributed by atoms with Crippen LogP contribution in [0.2, 0.25) is 0 Å². The molecule has 5 nitrogen and oxygen atoms in total. The van der Waals surface area contributed by atoms with Crippen LogP contribution in [0.15, 0.2) is 18.2 Å². The van der Waals surface area contributed by atoms with E-state index in [2.05, 4.69) is 5.32 Å². The Bertz CT molecular complexity index is 471. The Hall–Kier alpha value is -1.88. The highest BCUT2D eigenvalue weighted by Gasteiger charge is 2.24. The highest BCUT2D eigenvalue weighted by Crippen LogP contribution is 2.28. The maximum Gasteiger partial charge on any atom is 0.251 e. The van der Waals surface area contributed by atoms with Crippen molar-refractivity contribution in [3.63, 3.8) is 0 Å². The zero-order valence-electron chi connectivity index (χ0n) is 9.69. The van der Waals surface area contributed by atoms with E-state index in [9.17, 15) is 9.59 Å². The van der Waals surface area contributed by atoms with Crippen molar-refractivity contribution < 1.29 is 9.59 Å². The Kier molecular flexibility index (Phi) is 3.10. The molecule has 90 valence electrons. The van der Waals surface area contributed by atoms with Crippen molar-refractivity contribution in [2.75, 3.05) is 25.0 Å². The van der Waals surface area contributed by atoms with Crippen molar-refractivity contribution >= 4 is 17.5 Å². The highest BCUT2D eigenvalue weighted by molar-refractivity contribution is 6.03. The molecule has 0 saturated heterocycles. The number of rotatable bonds is 3. The average molecular weight is 233 g/mol. The topological polar surface area (TPSA) is 75.4 Å². The number of hydrogen-bond acceptors (Lipinski definition) is 3. The van der Waals surface area contributed by atoms with E-state index in [4.69, 9.17) is 5.73 Å². The standard InChI is InChI=1S/C12H15N3O2/c1-15-10-3-2-8(12(17)14-5-4-13)6-9(10)7-11(15)16/h2-3,6H,4-5,7,13H2,1H3,(H,14,17). The van der Waals surface area contributed by atoms with E-state index in [1.807, 2.05) is 0 Å². The summed E-state index contributed by atoms with van der Waals surface area (Å²) in [6.45, 7) is 0.868. The van der Waals surface area contributed by atoms with Crippen LogP contribution in [0.3, 0.4) is 0 Å². The SMILES string of the molecule is CN1C(=O)Cc2cc(C(=O)NCCN)ccc21. The molecule has 0 atom stereocenters. The van der Waals surface area contributed by atoms with Crippen LogP contribution < -0.4 is 16.0 Å². The molecule has 0 unspecified atom stereocenters. The molecule has 2 rings (SSSR count). The van der Waals surface area contributed by atoms with Crippen LogP contribution in [0.25, 0.3) is 0 Å². The zero-order valence-corrected chi connectivity index (χ0v) is 9.69. The van der Waals surface area contributed by atoms with E-state index >= 15 is 0 Å². The maximum atomic E-state index is 11.7. The van der Waals surface area contributed by atoms with Gasteiger partial charge in [-0.15, -0.1) is 0 Å². The van der Waals surface area contributed by atoms with Crippen molar-refractivity contribution in [3.8, 4) is 0 Å². The fourth-order valence-electron chi connectivity index (χ4n) is 1.90. The Morgan fingerprint density at radius 2 is 2.29 bits per heavy atom. The Labute approximate surface area is 99.6 Å². The Balaban J connectivity index is 2.21. The molecular formula is C12H15N3O2. The first kappa shape index (κ1) is 11.6. The number of amides is 2. The normalized spacial score (nSPS) is 13.8. The summed E-state index contributed by atoms with van der Waals surface area (Å²) in [5.74, 6) is -0.0974. The van der Waals surface area contributed by atoms with Crippen LogP contribution in [0.5, 0.6) is 0 Å². The molecule has 3 N–H and O–H groups in total. The Morgan fingerprint density at radius 1 is 1.53 bits per heavy atom. The number of benzene rings is 1. The number of carbonyl (C=O) groups excluding carboxylic acids is 2. The van der Waals surface area contributed by atoms with Gasteiger partial charge in [0, 0.05) is 31.4 Å². The number of anilines is 1. The third-order valence-electron chi connectivity index (χ3n) is 2.85. The summed E-state index contributed by atoms with van der Waals surface area (Å²) >= 11 is 0. The lowest BCUT2D eigenvalue weighted by Gasteiger charge is -2.10. The number of likely N-dealkylation sites (N-methyl/N-ethyl adjacent to an activating group) is 1. The van der Waals surface area contributed by atoms with E-state index in [-0.39, 0.29) is 11.8 Å². The number of nitrogens with zero attached hydrogens (tertiary/aromatic N) is 1. The number of nitrogens with one attached hydrogen (secondary N) is 1. The third-order valence-corrected chi connectivity index (χ3v) is 2.85. The van der Waals surface area contributed by atoms with Gasteiger partial charge in [-0.1, -0.05) is 0 Å². The van der Waals surface area contributed by atoms with Crippen molar-refractivity contribution in [1.29, 1.82) is 0 Å². The lowest BCUT2D eigenvalue weighted by atomic mass is 10.1. The van der Waals surface area contributed by atoms with Gasteiger partial charge in [-0.05, 0) is 23.8 Å². The van der Waals surface area contributed by atoms with Gasteiger partial charge in [-0.2, -0.15) is 0 Å². The van der Waals surface area contributed by atoms with E-state index in [0.717, 1.165) is 11.3 Å². The van der Waals surface area contributed by atoms with Crippen molar-refractivity contribution in [1.82, 2.24) is 5.32 Å². The number of carbonyl (C=O) groups is 2. The van der Waals surface area contributed by atoms with Gasteiger partial charge in [0.25, 0.3) is 5.91 Å². The monoisotopic (exact) mass is 233 g/mol. The molecule has 1 aliphatic rings. The quantitative estimate of drug-likeness (QED) is 0.765. The molecule has 5 heteroatoms. The molecule has 0 bridgehead atoms. The largest absolute Gasteiger partial charge is 0.351 e. The van der Waals surface area contributed by atoms with Crippen LogP contribution >= 0.6 is 0 Å². The molecule has 1 aromatic carbocycles. The molecule has 1 aliphatic heterocycles. The van der Waals surface area contributed by atoms with Gasteiger partial charge in [-0.25, -0.2) is 0 Å². The minimum absolute atomic E-state index is 0.0551. The first-order chi connectivity index (χ1) is 8.13. The molecule has 1 aromatic rings. The smallest absolute Gasteiger partial charge is 0.251 e. The molecular weight excluding hydrogens is 218 g/mol. The highest BCUT2D eigenvalue weighted by atomic mass is 16.2. The average Bonchev–Trinajstić information content (AvgIpc) is 2.61. The van der Waals surface area contributed by atoms with Crippen LogP contribution in [-0.2, 0) is 11.2 Å². The fraction of sp³-hybridized carbons (Fsp3) is 0.333. The molecule has 0 saturated carbocycles. The number of fused-ring (bicyclic) bond motifs is 1. The van der Waals surface area contributed by atoms with E-state index in [1.165, 1.54) is 0 Å². The summed E-state index contributed by atoms with van der Waals surface area (Å²) in [5, 5.41) is 2.70. The van der Waals surface area contributed by atoms with Gasteiger partial charge in [-0.3, -0.25) is 9.59 Å². The van der Waals surface area contributed by atoms with Gasteiger partial charge >= 0.3 is 0 Å². The summed E-state index contributed by atoms with van der Waals surface area (Å²) in [6, 6.07) is 5.29. The third kappa shape index (κ3) is 2.14. The molecule has 0 radical (unpaired) electrons. The molecule has 17 heavy (non-hydrogen) atoms. The van der Waals surface area contributed by atoms with Gasteiger partial charge < -0.3 is 16.0 Å². The van der Waals surface area contributed by atoms with Crippen molar-refractivity contribution in [2.24, 2.45) is 5.73 Å². The number of nitrogens with two attached hydrogens (primary N) is 1. The second-order valence-electron chi connectivity index (χ2n) is 4.02. The van der Waals surface area contributed by atoms with Crippen LogP contribution in [0.1, 0.15) is 15.9 Å². The minimum Gasteiger partial charge on any atom is -0.351 e. The molecule has 0 spiro atoms. The second kappa shape index (κ2) is 4.55. The maximum absolute atomic E-state index is 11.7. The number of hydrogen-bond donors (Lipinski definition) is 2. The first-order valence-corrected chi connectivity index (χ1v) is 5.51. The van der Waals surface area contributed by atoms with Crippen LogP contribution in [-0.4, -0.2) is 32.0 Å². The summed E-state index contributed by atoms with van der Waals surface area (Å²) in [6.07, 6.45) is 0.365. The summed E-state index contributed by atoms with van der Waals surface area (Å²) in [5.41, 5.74) is 7.67. The molecule has 0 aliphatic carbocycles. The Morgan fingerprint density at radius 3 is 3.00 bits per heavy atom. The van der Waals surface area contributed by atoms with Gasteiger partial charge in [0.05, 0.1) is 6.42 Å². The second-order valence-corrected chi connectivity index (χ2v) is 4.02. The zero-order chi connectivity index (χ0) is 12.4. The van der Waals surface area contributed by atoms with Crippen molar-refractivity contribution in [2.45, 2.75) is 6.42 Å². The van der Waals surface area contributed by atoms with Gasteiger partial charge in [0.2, 0.25) is 5.91 Å². The predicted molar refractivity (Wildman–Crippen MR) is 64.9 cm³/mol. The molecule has 0 aromatic heterocycles. The van der Waals surface area contributed by atoms with Crippen molar-refractivity contribution in [3.05, 3.63) is 29.3 Å². The molecule has 1 heterocycles. The van der Waals surface area contributed by atoms with Crippen LogP contribution in [0, 0.1) is 0 Å². The summed E-state index contributed by atoms with van der Waals surface area (Å²) in [7, 11) is 1.74. The molecule has 2 amide bonds. The van der Waals surface area contributed by atoms with Crippen LogP contribution in [0.4, 0.5) is 5.69 Å². The first-order valence-electron chi connectivity index (χ1n) is 5.51. The van der Waals surface area contributed by atoms with E-state index in [0.29, 0.717) is 25.1 Å². The lowest BCUT2D eigenvalue weighted by molar-refractivity contribution is -0.117. The summed E-state index contributed by atoms with van der Waals surface area (Å²) < 4.78 is 0. The molecule has 0 fully saturated rings. The fourth-order valence-corrected chi connectivity index (χ4v) is 1.90. The van der Waals surface area contributed by atoms with Gasteiger partial charge in [0.1, 0.15) is 0 Å². The van der Waals surface area contributed by atoms with E-state index < -0.39 is 0 Å². The lowest BCUT2D eigenvalue weighted by Crippen LogP contribution is -2.29. The predicted octanol–water partition coefficient (Wildman–Crippen LogP) is -0.106. The summed E-state index contributed by atoms with van der Waals surface area (Å²) in [4.78, 5) is 24.8. The van der Waals surface area contributed by atoms with E-state index in [1.54, 1.807) is 30.1 Å². The minimum atomic E-state index is -0.153.